The molecule has 2 aliphatic rings. The molecule has 1 aliphatic carbocycles. The molecule has 1 heterocycles. The van der Waals surface area contributed by atoms with Crippen molar-refractivity contribution in [2.24, 2.45) is 5.92 Å². The fraction of sp³-hybridized carbons (Fsp3) is 0.875. The van der Waals surface area contributed by atoms with Gasteiger partial charge in [0.2, 0.25) is 11.8 Å². The van der Waals surface area contributed by atoms with Gasteiger partial charge in [0, 0.05) is 20.1 Å². The lowest BCUT2D eigenvalue weighted by Gasteiger charge is -2.40. The SMILES string of the molecule is COCC(C)(C)N1CCC(=O)NC(C2CCCCC2)C1=O. The predicted octanol–water partition coefficient (Wildman–Crippen LogP) is 1.71. The van der Waals surface area contributed by atoms with Gasteiger partial charge in [0.15, 0.2) is 0 Å². The van der Waals surface area contributed by atoms with Crippen LogP contribution in [0.2, 0.25) is 0 Å². The molecular formula is C16H28N2O3. The first-order valence-corrected chi connectivity index (χ1v) is 8.05. The Morgan fingerprint density at radius 2 is 1.90 bits per heavy atom. The molecular weight excluding hydrogens is 268 g/mol. The standard InChI is InChI=1S/C16H28N2O3/c1-16(2,11-21-3)18-10-9-13(19)17-14(15(18)20)12-7-5-4-6-8-12/h12,14H,4-11H2,1-3H3,(H,17,19). The van der Waals surface area contributed by atoms with Crippen molar-refractivity contribution in [3.8, 4) is 0 Å². The normalized spacial score (nSPS) is 25.7. The van der Waals surface area contributed by atoms with Crippen molar-refractivity contribution in [2.45, 2.75) is 64.0 Å². The predicted molar refractivity (Wildman–Crippen MR) is 80.8 cm³/mol. The smallest absolute Gasteiger partial charge is 0.245 e. The fourth-order valence-corrected chi connectivity index (χ4v) is 3.62. The monoisotopic (exact) mass is 296 g/mol. The Labute approximate surface area is 127 Å². The van der Waals surface area contributed by atoms with E-state index in [-0.39, 0.29) is 29.3 Å². The summed E-state index contributed by atoms with van der Waals surface area (Å²) in [4.78, 5) is 26.8. The van der Waals surface area contributed by atoms with Crippen molar-refractivity contribution in [2.75, 3.05) is 20.3 Å². The molecule has 0 radical (unpaired) electrons. The lowest BCUT2D eigenvalue weighted by molar-refractivity contribution is -0.142. The van der Waals surface area contributed by atoms with E-state index < -0.39 is 0 Å². The van der Waals surface area contributed by atoms with E-state index in [1.807, 2.05) is 18.7 Å². The fourth-order valence-electron chi connectivity index (χ4n) is 3.62. The van der Waals surface area contributed by atoms with Crippen molar-refractivity contribution < 1.29 is 14.3 Å². The maximum atomic E-state index is 13.0. The van der Waals surface area contributed by atoms with E-state index in [2.05, 4.69) is 5.32 Å². The molecule has 0 bridgehead atoms. The Morgan fingerprint density at radius 3 is 2.52 bits per heavy atom. The van der Waals surface area contributed by atoms with Gasteiger partial charge in [-0.15, -0.1) is 0 Å². The first-order chi connectivity index (χ1) is 9.95. The first-order valence-electron chi connectivity index (χ1n) is 8.05. The molecule has 2 rings (SSSR count). The molecule has 0 aromatic carbocycles. The van der Waals surface area contributed by atoms with Gasteiger partial charge in [-0.1, -0.05) is 19.3 Å². The summed E-state index contributed by atoms with van der Waals surface area (Å²) < 4.78 is 5.26. The van der Waals surface area contributed by atoms with Crippen LogP contribution >= 0.6 is 0 Å². The Hall–Kier alpha value is -1.10. The molecule has 1 aliphatic heterocycles. The number of carbonyl (C=O) groups is 2. The van der Waals surface area contributed by atoms with Gasteiger partial charge in [-0.2, -0.15) is 0 Å². The second-order valence-corrected chi connectivity index (χ2v) is 6.93. The Kier molecular flexibility index (Phi) is 5.25. The molecule has 5 nitrogen and oxygen atoms in total. The minimum absolute atomic E-state index is 0.00496. The van der Waals surface area contributed by atoms with Crippen LogP contribution in [0.25, 0.3) is 0 Å². The molecule has 5 heteroatoms. The van der Waals surface area contributed by atoms with Crippen LogP contribution < -0.4 is 5.32 Å². The van der Waals surface area contributed by atoms with Gasteiger partial charge in [0.1, 0.15) is 6.04 Å². The summed E-state index contributed by atoms with van der Waals surface area (Å²) in [5.41, 5.74) is -0.384. The van der Waals surface area contributed by atoms with Crippen molar-refractivity contribution in [1.29, 1.82) is 0 Å². The minimum Gasteiger partial charge on any atom is -0.382 e. The Morgan fingerprint density at radius 1 is 1.24 bits per heavy atom. The molecule has 1 saturated carbocycles. The number of carbonyl (C=O) groups excluding carboxylic acids is 2. The lowest BCUT2D eigenvalue weighted by Crippen LogP contribution is -2.57. The van der Waals surface area contributed by atoms with E-state index in [1.165, 1.54) is 6.42 Å². The number of nitrogens with one attached hydrogen (secondary N) is 1. The largest absolute Gasteiger partial charge is 0.382 e. The summed E-state index contributed by atoms with van der Waals surface area (Å²) >= 11 is 0. The van der Waals surface area contributed by atoms with Crippen LogP contribution in [0.1, 0.15) is 52.4 Å². The number of hydrogen-bond acceptors (Lipinski definition) is 3. The summed E-state index contributed by atoms with van der Waals surface area (Å²) in [6.45, 7) is 4.96. The highest BCUT2D eigenvalue weighted by molar-refractivity contribution is 5.90. The molecule has 21 heavy (non-hydrogen) atoms. The molecule has 1 saturated heterocycles. The van der Waals surface area contributed by atoms with E-state index in [9.17, 15) is 9.59 Å². The molecule has 2 fully saturated rings. The number of methoxy groups -OCH3 is 1. The van der Waals surface area contributed by atoms with Crippen LogP contribution in [0, 0.1) is 5.92 Å². The maximum Gasteiger partial charge on any atom is 0.245 e. The zero-order valence-electron chi connectivity index (χ0n) is 13.5. The highest BCUT2D eigenvalue weighted by Gasteiger charge is 2.41. The minimum atomic E-state index is -0.384. The van der Waals surface area contributed by atoms with Gasteiger partial charge in [-0.25, -0.2) is 0 Å². The van der Waals surface area contributed by atoms with Crippen molar-refractivity contribution >= 4 is 11.8 Å². The van der Waals surface area contributed by atoms with Gasteiger partial charge in [0.25, 0.3) is 0 Å². The number of ether oxygens (including phenoxy) is 1. The highest BCUT2D eigenvalue weighted by Crippen LogP contribution is 2.30. The van der Waals surface area contributed by atoms with Crippen molar-refractivity contribution in [3.63, 3.8) is 0 Å². The van der Waals surface area contributed by atoms with Crippen LogP contribution in [-0.2, 0) is 14.3 Å². The molecule has 2 amide bonds. The quantitative estimate of drug-likeness (QED) is 0.859. The van der Waals surface area contributed by atoms with E-state index in [1.54, 1.807) is 7.11 Å². The third-order valence-corrected chi connectivity index (χ3v) is 4.76. The van der Waals surface area contributed by atoms with Gasteiger partial charge >= 0.3 is 0 Å². The maximum absolute atomic E-state index is 13.0. The second-order valence-electron chi connectivity index (χ2n) is 6.93. The van der Waals surface area contributed by atoms with E-state index in [0.717, 1.165) is 25.7 Å². The molecule has 0 spiro atoms. The summed E-state index contributed by atoms with van der Waals surface area (Å²) in [5, 5.41) is 2.97. The number of hydrogen-bond donors (Lipinski definition) is 1. The van der Waals surface area contributed by atoms with Gasteiger partial charge in [0.05, 0.1) is 12.1 Å². The highest BCUT2D eigenvalue weighted by atomic mass is 16.5. The lowest BCUT2D eigenvalue weighted by atomic mass is 9.83. The summed E-state index contributed by atoms with van der Waals surface area (Å²) in [6.07, 6.45) is 6.01. The van der Waals surface area contributed by atoms with Crippen LogP contribution in [0.3, 0.4) is 0 Å². The summed E-state index contributed by atoms with van der Waals surface area (Å²) in [7, 11) is 1.64. The zero-order chi connectivity index (χ0) is 15.5. The molecule has 1 unspecified atom stereocenters. The third kappa shape index (κ3) is 3.76. The van der Waals surface area contributed by atoms with E-state index in [0.29, 0.717) is 19.6 Å². The third-order valence-electron chi connectivity index (χ3n) is 4.76. The molecule has 0 aromatic rings. The number of rotatable bonds is 4. The summed E-state index contributed by atoms with van der Waals surface area (Å²) in [6, 6.07) is -0.351. The van der Waals surface area contributed by atoms with Crippen molar-refractivity contribution in [3.05, 3.63) is 0 Å². The van der Waals surface area contributed by atoms with E-state index >= 15 is 0 Å². The first kappa shape index (κ1) is 16.3. The molecule has 0 aromatic heterocycles. The number of nitrogens with zero attached hydrogens (tertiary/aromatic N) is 1. The van der Waals surface area contributed by atoms with Crippen LogP contribution in [0.15, 0.2) is 0 Å². The van der Waals surface area contributed by atoms with E-state index in [4.69, 9.17) is 4.74 Å². The molecule has 1 N–H and O–H groups in total. The van der Waals surface area contributed by atoms with Crippen LogP contribution in [0.4, 0.5) is 0 Å². The topological polar surface area (TPSA) is 58.6 Å². The van der Waals surface area contributed by atoms with Gasteiger partial charge < -0.3 is 15.0 Å². The number of amides is 2. The summed E-state index contributed by atoms with van der Waals surface area (Å²) in [5.74, 6) is 0.346. The van der Waals surface area contributed by atoms with Crippen molar-refractivity contribution in [1.82, 2.24) is 10.2 Å². The average Bonchev–Trinajstić information content (AvgIpc) is 2.59. The van der Waals surface area contributed by atoms with Crippen LogP contribution in [0.5, 0.6) is 0 Å². The van der Waals surface area contributed by atoms with Crippen LogP contribution in [-0.4, -0.2) is 48.6 Å². The van der Waals surface area contributed by atoms with Gasteiger partial charge in [-0.05, 0) is 32.6 Å². The second kappa shape index (κ2) is 6.77. The zero-order valence-corrected chi connectivity index (χ0v) is 13.5. The molecule has 120 valence electrons. The Bertz CT molecular complexity index is 389. The Balaban J connectivity index is 2.19. The average molecular weight is 296 g/mol. The molecule has 1 atom stereocenters. The van der Waals surface area contributed by atoms with Gasteiger partial charge in [-0.3, -0.25) is 9.59 Å².